The number of fused-ring (bicyclic) bond motifs is 1. The third-order valence-corrected chi connectivity index (χ3v) is 11.9. The van der Waals surface area contributed by atoms with Crippen LogP contribution in [0.5, 0.6) is 0 Å². The minimum Gasteiger partial charge on any atom is -0.458 e. The van der Waals surface area contributed by atoms with Gasteiger partial charge in [-0.25, -0.2) is 0 Å². The standard InChI is InChI=1S/C37H65N3O9/c1-12-29-37(7)27(16-30(41)49-37)24(5)38-18-21(2)17-36(6,45-11)33(22(3)31(42)23(4)34(44)47-29)48-35-32(43)28(39(8)9)15-26(46-35)20-40(10)19-25-13-14-25/h21-29,32-33,35,38,43H,12-20H2,1-11H3/t21-,22+,23?,24-,26?,27-,28?,29-,32?,33-,35?,36-,37+/m1/s1. The molecule has 4 fully saturated rings. The minimum atomic E-state index is -1.12. The predicted octanol–water partition coefficient (Wildman–Crippen LogP) is 3.03. The molecular formula is C37H65N3O9. The van der Waals surface area contributed by atoms with E-state index in [0.29, 0.717) is 32.4 Å². The molecule has 3 saturated heterocycles. The number of methoxy groups -OCH3 is 1. The van der Waals surface area contributed by atoms with Crippen LogP contribution in [0, 0.1) is 29.6 Å². The Balaban J connectivity index is 1.66. The summed E-state index contributed by atoms with van der Waals surface area (Å²) in [5, 5.41) is 15.3. The fourth-order valence-electron chi connectivity index (χ4n) is 8.60. The summed E-state index contributed by atoms with van der Waals surface area (Å²) in [4.78, 5) is 44.9. The summed E-state index contributed by atoms with van der Waals surface area (Å²) in [5.41, 5.74) is -2.04. The van der Waals surface area contributed by atoms with Crippen LogP contribution in [0.25, 0.3) is 0 Å². The van der Waals surface area contributed by atoms with Crippen LogP contribution in [-0.2, 0) is 38.1 Å². The topological polar surface area (TPSA) is 136 Å². The molecule has 4 rings (SSSR count). The lowest BCUT2D eigenvalue weighted by atomic mass is 9.78. The van der Waals surface area contributed by atoms with E-state index in [1.807, 2.05) is 46.7 Å². The van der Waals surface area contributed by atoms with E-state index in [0.717, 1.165) is 12.5 Å². The van der Waals surface area contributed by atoms with E-state index in [4.69, 9.17) is 23.7 Å². The molecule has 1 aliphatic carbocycles. The van der Waals surface area contributed by atoms with Gasteiger partial charge >= 0.3 is 11.9 Å². The summed E-state index contributed by atoms with van der Waals surface area (Å²) in [6.07, 6.45) is 0.509. The summed E-state index contributed by atoms with van der Waals surface area (Å²) >= 11 is 0. The van der Waals surface area contributed by atoms with E-state index in [9.17, 15) is 19.5 Å². The van der Waals surface area contributed by atoms with Crippen LogP contribution < -0.4 is 5.32 Å². The molecule has 282 valence electrons. The lowest BCUT2D eigenvalue weighted by Gasteiger charge is -2.47. The SMILES string of the molecule is CC[C@H]1OC(=O)C(C)C(=O)[C@H](C)[C@@H](OC2OC(CN(C)CC3CC3)CC(N(C)C)C2O)[C@](C)(OC)C[C@@H](C)CN[C@H](C)[C@H]2CC(=O)O[C@@]21C. The van der Waals surface area contributed by atoms with Gasteiger partial charge in [0.05, 0.1) is 24.2 Å². The van der Waals surface area contributed by atoms with Crippen LogP contribution in [0.1, 0.15) is 87.0 Å². The first-order chi connectivity index (χ1) is 22.9. The molecule has 0 amide bonds. The highest BCUT2D eigenvalue weighted by Gasteiger charge is 2.55. The number of nitrogens with one attached hydrogen (secondary N) is 1. The van der Waals surface area contributed by atoms with Crippen molar-refractivity contribution < 1.29 is 43.2 Å². The Bertz CT molecular complexity index is 1150. The molecule has 1 saturated carbocycles. The van der Waals surface area contributed by atoms with Crippen LogP contribution in [0.2, 0.25) is 0 Å². The lowest BCUT2D eigenvalue weighted by Crippen LogP contribution is -2.60. The quantitative estimate of drug-likeness (QED) is 0.271. The molecule has 0 spiro atoms. The van der Waals surface area contributed by atoms with Crippen molar-refractivity contribution in [3.8, 4) is 0 Å². The molecule has 3 heterocycles. The monoisotopic (exact) mass is 695 g/mol. The summed E-state index contributed by atoms with van der Waals surface area (Å²) < 4.78 is 31.5. The number of likely N-dealkylation sites (N-methyl/N-ethyl adjacent to an activating group) is 2. The molecule has 3 aliphatic heterocycles. The van der Waals surface area contributed by atoms with Gasteiger partial charge in [0.15, 0.2) is 17.7 Å². The van der Waals surface area contributed by atoms with Gasteiger partial charge in [-0.3, -0.25) is 14.4 Å². The second-order valence-electron chi connectivity index (χ2n) is 16.3. The van der Waals surface area contributed by atoms with Crippen LogP contribution in [0.4, 0.5) is 0 Å². The molecule has 0 bridgehead atoms. The molecule has 2 N–H and O–H groups in total. The summed E-state index contributed by atoms with van der Waals surface area (Å²) in [7, 11) is 7.60. The highest BCUT2D eigenvalue weighted by atomic mass is 16.7. The van der Waals surface area contributed by atoms with Crippen molar-refractivity contribution in [2.75, 3.05) is 47.9 Å². The van der Waals surface area contributed by atoms with Gasteiger partial charge in [-0.2, -0.15) is 0 Å². The number of aliphatic hydroxyl groups excluding tert-OH is 1. The maximum Gasteiger partial charge on any atom is 0.316 e. The Labute approximate surface area is 294 Å². The fourth-order valence-corrected chi connectivity index (χ4v) is 8.60. The maximum absolute atomic E-state index is 14.3. The van der Waals surface area contributed by atoms with Crippen molar-refractivity contribution in [3.05, 3.63) is 0 Å². The molecule has 0 aromatic carbocycles. The second kappa shape index (κ2) is 16.3. The number of ketones is 1. The molecule has 5 unspecified atom stereocenters. The number of carbonyl (C=O) groups excluding carboxylic acids is 3. The van der Waals surface area contributed by atoms with Crippen molar-refractivity contribution in [1.29, 1.82) is 0 Å². The predicted molar refractivity (Wildman–Crippen MR) is 185 cm³/mol. The number of rotatable bonds is 9. The maximum atomic E-state index is 14.3. The van der Waals surface area contributed by atoms with E-state index in [2.05, 4.69) is 24.2 Å². The van der Waals surface area contributed by atoms with Gasteiger partial charge in [0.25, 0.3) is 0 Å². The van der Waals surface area contributed by atoms with E-state index >= 15 is 0 Å². The van der Waals surface area contributed by atoms with Gasteiger partial charge in [-0.05, 0) is 99.3 Å². The van der Waals surface area contributed by atoms with Crippen molar-refractivity contribution >= 4 is 17.7 Å². The number of aliphatic hydroxyl groups is 1. The molecule has 0 aromatic rings. The molecule has 0 aromatic heterocycles. The van der Waals surface area contributed by atoms with Crippen LogP contribution >= 0.6 is 0 Å². The Morgan fingerprint density at radius 2 is 1.71 bits per heavy atom. The van der Waals surface area contributed by atoms with E-state index in [1.165, 1.54) is 12.8 Å². The minimum absolute atomic E-state index is 0.0584. The number of nitrogens with zero attached hydrogens (tertiary/aromatic N) is 2. The first kappa shape index (κ1) is 40.1. The zero-order chi connectivity index (χ0) is 36.4. The Kier molecular flexibility index (Phi) is 13.4. The van der Waals surface area contributed by atoms with Crippen LogP contribution in [0.15, 0.2) is 0 Å². The van der Waals surface area contributed by atoms with E-state index < -0.39 is 53.6 Å². The zero-order valence-electron chi connectivity index (χ0n) is 31.9. The highest BCUT2D eigenvalue weighted by Crippen LogP contribution is 2.42. The summed E-state index contributed by atoms with van der Waals surface area (Å²) in [6, 6.07) is -0.348. The third-order valence-electron chi connectivity index (χ3n) is 11.9. The number of hydrogen-bond donors (Lipinski definition) is 2. The Morgan fingerprint density at radius 3 is 2.31 bits per heavy atom. The zero-order valence-corrected chi connectivity index (χ0v) is 31.9. The smallest absolute Gasteiger partial charge is 0.316 e. The van der Waals surface area contributed by atoms with Crippen LogP contribution in [-0.4, -0.2) is 135 Å². The fraction of sp³-hybridized carbons (Fsp3) is 0.919. The van der Waals surface area contributed by atoms with E-state index in [1.54, 1.807) is 21.0 Å². The highest BCUT2D eigenvalue weighted by molar-refractivity contribution is 6.00. The lowest BCUT2D eigenvalue weighted by molar-refractivity contribution is -0.298. The summed E-state index contributed by atoms with van der Waals surface area (Å²) in [5.74, 6) is -2.75. The molecule has 13 atom stereocenters. The average Bonchev–Trinajstić information content (AvgIpc) is 3.80. The van der Waals surface area contributed by atoms with Gasteiger partial charge in [0.1, 0.15) is 18.1 Å². The number of cyclic esters (lactones) is 1. The second-order valence-corrected chi connectivity index (χ2v) is 16.3. The van der Waals surface area contributed by atoms with Gasteiger partial charge in [0, 0.05) is 44.1 Å². The third kappa shape index (κ3) is 9.23. The molecule has 4 aliphatic rings. The number of esters is 2. The number of carbonyl (C=O) groups is 3. The first-order valence-corrected chi connectivity index (χ1v) is 18.5. The van der Waals surface area contributed by atoms with Gasteiger partial charge in [-0.1, -0.05) is 20.8 Å². The van der Waals surface area contributed by atoms with Crippen molar-refractivity contribution in [2.24, 2.45) is 29.6 Å². The van der Waals surface area contributed by atoms with Gasteiger partial charge < -0.3 is 43.9 Å². The largest absolute Gasteiger partial charge is 0.458 e. The molecular weight excluding hydrogens is 630 g/mol. The normalized spacial score (nSPS) is 43.1. The summed E-state index contributed by atoms with van der Waals surface area (Å²) in [6.45, 7) is 15.4. The molecule has 12 nitrogen and oxygen atoms in total. The molecule has 49 heavy (non-hydrogen) atoms. The van der Waals surface area contributed by atoms with Crippen LogP contribution in [0.3, 0.4) is 0 Å². The van der Waals surface area contributed by atoms with Crippen molar-refractivity contribution in [2.45, 2.75) is 141 Å². The molecule has 12 heteroatoms. The Morgan fingerprint density at radius 1 is 1.04 bits per heavy atom. The van der Waals surface area contributed by atoms with Crippen molar-refractivity contribution in [3.63, 3.8) is 0 Å². The average molecular weight is 696 g/mol. The van der Waals surface area contributed by atoms with E-state index in [-0.39, 0.29) is 48.2 Å². The Hall–Kier alpha value is -1.67. The number of hydrogen-bond acceptors (Lipinski definition) is 12. The number of Topliss-reactive ketones (excluding diaryl/α,β-unsaturated/α-hetero) is 1. The van der Waals surface area contributed by atoms with Gasteiger partial charge in [-0.15, -0.1) is 0 Å². The first-order valence-electron chi connectivity index (χ1n) is 18.5. The van der Waals surface area contributed by atoms with Crippen molar-refractivity contribution in [1.82, 2.24) is 15.1 Å². The van der Waals surface area contributed by atoms with Gasteiger partial charge in [0.2, 0.25) is 0 Å². The molecule has 0 radical (unpaired) electrons. The number of ether oxygens (including phenoxy) is 5.